The van der Waals surface area contributed by atoms with Gasteiger partial charge in [-0.15, -0.1) is 0 Å². The molecule has 0 unspecified atom stereocenters. The van der Waals surface area contributed by atoms with Crippen molar-refractivity contribution in [1.29, 1.82) is 0 Å². The quantitative estimate of drug-likeness (QED) is 0.441. The summed E-state index contributed by atoms with van der Waals surface area (Å²) in [5, 5.41) is 0. The van der Waals surface area contributed by atoms with Crippen molar-refractivity contribution in [2.24, 2.45) is 0 Å². The smallest absolute Gasteiger partial charge is 0.0687 e. The lowest BCUT2D eigenvalue weighted by molar-refractivity contribution is 1.60. The van der Waals surface area contributed by atoms with Crippen LogP contribution in [-0.2, 0) is 0 Å². The Hall–Kier alpha value is -2.58. The number of rotatable bonds is 4. The molecule has 124 valence electrons. The molecule has 0 fully saturated rings. The minimum atomic E-state index is 0.229. The summed E-state index contributed by atoms with van der Waals surface area (Å²) >= 11 is 3.52. The summed E-state index contributed by atoms with van der Waals surface area (Å²) in [5.74, 6) is 0. The van der Waals surface area contributed by atoms with Crippen molar-refractivity contribution in [3.05, 3.63) is 114 Å². The van der Waals surface area contributed by atoms with Crippen LogP contribution in [0, 0.1) is 0 Å². The van der Waals surface area contributed by atoms with E-state index in [9.17, 15) is 0 Å². The van der Waals surface area contributed by atoms with Gasteiger partial charge in [0, 0.05) is 4.47 Å². The van der Waals surface area contributed by atoms with Crippen LogP contribution in [0.2, 0.25) is 0 Å². The molecule has 0 atom stereocenters. The largest absolute Gasteiger partial charge is 0.241 e. The fraction of sp³-hybridized carbons (Fsp3) is 0. The van der Waals surface area contributed by atoms with E-state index in [1.807, 2.05) is 0 Å². The fourth-order valence-corrected chi connectivity index (χ4v) is 3.67. The van der Waals surface area contributed by atoms with E-state index < -0.39 is 0 Å². The average molecular weight is 397 g/mol. The molecule has 0 bridgehead atoms. The first-order valence-electron chi connectivity index (χ1n) is 8.77. The molecule has 0 aliphatic heterocycles. The van der Waals surface area contributed by atoms with Crippen molar-refractivity contribution in [2.75, 3.05) is 0 Å². The second-order valence-electron chi connectivity index (χ2n) is 6.39. The van der Waals surface area contributed by atoms with Crippen LogP contribution in [0.4, 0.5) is 0 Å². The molecule has 4 aromatic rings. The third-order valence-corrected chi connectivity index (χ3v) is 5.19. The average Bonchev–Trinajstić information content (AvgIpc) is 2.71. The van der Waals surface area contributed by atoms with Crippen molar-refractivity contribution >= 4 is 39.0 Å². The van der Waals surface area contributed by atoms with E-state index >= 15 is 0 Å². The third kappa shape index (κ3) is 3.66. The molecule has 0 amide bonds. The predicted octanol–water partition coefficient (Wildman–Crippen LogP) is 4.63. The van der Waals surface area contributed by atoms with Crippen LogP contribution < -0.4 is 16.4 Å². The van der Waals surface area contributed by atoms with Crippen molar-refractivity contribution < 1.29 is 0 Å². The maximum absolute atomic E-state index is 3.52. The Morgan fingerprint density at radius 2 is 1.00 bits per heavy atom. The molecular formula is C24H18BBr. The number of hydrogen-bond donors (Lipinski definition) is 0. The SMILES string of the molecule is Brc1ccc(-c2cccc(B(c3ccccc3)c3ccccc3)c2)cc1. The molecule has 0 N–H and O–H groups in total. The van der Waals surface area contributed by atoms with Crippen molar-refractivity contribution in [2.45, 2.75) is 0 Å². The van der Waals surface area contributed by atoms with E-state index in [2.05, 4.69) is 125 Å². The van der Waals surface area contributed by atoms with Gasteiger partial charge in [0.05, 0.1) is 0 Å². The number of halogens is 1. The molecule has 0 aliphatic carbocycles. The lowest BCUT2D eigenvalue weighted by Gasteiger charge is -2.16. The highest BCUT2D eigenvalue weighted by atomic mass is 79.9. The summed E-state index contributed by atoms with van der Waals surface area (Å²) in [6.07, 6.45) is 0. The highest BCUT2D eigenvalue weighted by molar-refractivity contribution is 9.10. The van der Waals surface area contributed by atoms with E-state index in [1.165, 1.54) is 27.5 Å². The minimum Gasteiger partial charge on any atom is -0.0687 e. The van der Waals surface area contributed by atoms with Crippen molar-refractivity contribution in [3.8, 4) is 11.1 Å². The van der Waals surface area contributed by atoms with E-state index in [0.717, 1.165) is 4.47 Å². The van der Waals surface area contributed by atoms with Gasteiger partial charge in [0.15, 0.2) is 0 Å². The Kier molecular flexibility index (Phi) is 5.03. The van der Waals surface area contributed by atoms with E-state index in [-0.39, 0.29) is 6.71 Å². The maximum Gasteiger partial charge on any atom is 0.241 e. The van der Waals surface area contributed by atoms with Gasteiger partial charge in [0.2, 0.25) is 6.71 Å². The molecule has 0 spiro atoms. The Labute approximate surface area is 163 Å². The summed E-state index contributed by atoms with van der Waals surface area (Å²) in [4.78, 5) is 0. The van der Waals surface area contributed by atoms with Gasteiger partial charge in [-0.1, -0.05) is 129 Å². The van der Waals surface area contributed by atoms with Crippen LogP contribution in [0.5, 0.6) is 0 Å². The summed E-state index contributed by atoms with van der Waals surface area (Å²) in [5.41, 5.74) is 6.41. The van der Waals surface area contributed by atoms with Crippen LogP contribution in [0.3, 0.4) is 0 Å². The minimum absolute atomic E-state index is 0.229. The molecule has 2 heteroatoms. The van der Waals surface area contributed by atoms with Gasteiger partial charge in [0.25, 0.3) is 0 Å². The van der Waals surface area contributed by atoms with Crippen LogP contribution in [0.15, 0.2) is 114 Å². The van der Waals surface area contributed by atoms with Crippen LogP contribution in [0.25, 0.3) is 11.1 Å². The lowest BCUT2D eigenvalue weighted by atomic mass is 9.37. The first-order valence-corrected chi connectivity index (χ1v) is 9.56. The highest BCUT2D eigenvalue weighted by Crippen LogP contribution is 2.20. The molecule has 0 aliphatic rings. The second-order valence-corrected chi connectivity index (χ2v) is 7.30. The third-order valence-electron chi connectivity index (χ3n) is 4.66. The van der Waals surface area contributed by atoms with E-state index in [0.29, 0.717) is 0 Å². The van der Waals surface area contributed by atoms with Crippen LogP contribution in [-0.4, -0.2) is 6.71 Å². The standard InChI is InChI=1S/C24H18BBr/c26-24-16-14-19(15-17-24)20-8-7-13-23(18-20)25(21-9-3-1-4-10-21)22-11-5-2-6-12-22/h1-18H. The van der Waals surface area contributed by atoms with Crippen molar-refractivity contribution in [3.63, 3.8) is 0 Å². The molecule has 0 heterocycles. The van der Waals surface area contributed by atoms with Crippen LogP contribution in [0.1, 0.15) is 0 Å². The topological polar surface area (TPSA) is 0 Å². The van der Waals surface area contributed by atoms with E-state index in [4.69, 9.17) is 0 Å². The molecule has 0 saturated heterocycles. The molecular weight excluding hydrogens is 379 g/mol. The Balaban J connectivity index is 1.82. The zero-order valence-electron chi connectivity index (χ0n) is 14.3. The number of benzene rings is 4. The monoisotopic (exact) mass is 396 g/mol. The van der Waals surface area contributed by atoms with Crippen LogP contribution >= 0.6 is 15.9 Å². The van der Waals surface area contributed by atoms with Gasteiger partial charge in [-0.2, -0.15) is 0 Å². The summed E-state index contributed by atoms with van der Waals surface area (Å²) in [7, 11) is 0. The van der Waals surface area contributed by atoms with Gasteiger partial charge in [-0.05, 0) is 23.3 Å². The molecule has 0 nitrogen and oxygen atoms in total. The molecule has 0 radical (unpaired) electrons. The first kappa shape index (κ1) is 16.9. The summed E-state index contributed by atoms with van der Waals surface area (Å²) < 4.78 is 1.10. The normalized spacial score (nSPS) is 10.5. The molecule has 0 saturated carbocycles. The fourth-order valence-electron chi connectivity index (χ4n) is 3.41. The Morgan fingerprint density at radius 3 is 1.58 bits per heavy atom. The zero-order chi connectivity index (χ0) is 17.8. The molecule has 4 aromatic carbocycles. The maximum atomic E-state index is 3.52. The van der Waals surface area contributed by atoms with Gasteiger partial charge in [-0.3, -0.25) is 0 Å². The van der Waals surface area contributed by atoms with Crippen molar-refractivity contribution in [1.82, 2.24) is 0 Å². The van der Waals surface area contributed by atoms with Gasteiger partial charge >= 0.3 is 0 Å². The predicted molar refractivity (Wildman–Crippen MR) is 117 cm³/mol. The van der Waals surface area contributed by atoms with Gasteiger partial charge < -0.3 is 0 Å². The Bertz CT molecular complexity index is 940. The highest BCUT2D eigenvalue weighted by Gasteiger charge is 2.21. The molecule has 26 heavy (non-hydrogen) atoms. The molecule has 0 aromatic heterocycles. The number of hydrogen-bond acceptors (Lipinski definition) is 0. The summed E-state index contributed by atoms with van der Waals surface area (Å²) in [6.45, 7) is 0.229. The first-order chi connectivity index (χ1) is 12.8. The van der Waals surface area contributed by atoms with E-state index in [1.54, 1.807) is 0 Å². The Morgan fingerprint density at radius 1 is 0.462 bits per heavy atom. The van der Waals surface area contributed by atoms with Gasteiger partial charge in [0.1, 0.15) is 0 Å². The summed E-state index contributed by atoms with van der Waals surface area (Å²) in [6, 6.07) is 38.8. The molecule has 4 rings (SSSR count). The van der Waals surface area contributed by atoms with Gasteiger partial charge in [-0.25, -0.2) is 0 Å². The lowest BCUT2D eigenvalue weighted by Crippen LogP contribution is -2.51. The second kappa shape index (κ2) is 7.76. The zero-order valence-corrected chi connectivity index (χ0v) is 15.9.